The fourth-order valence-electron chi connectivity index (χ4n) is 3.58. The van der Waals surface area contributed by atoms with Crippen molar-refractivity contribution in [3.8, 4) is 0 Å². The van der Waals surface area contributed by atoms with Crippen molar-refractivity contribution in [2.45, 2.75) is 52.0 Å². The number of aliphatic carboxylic acids is 1. The molecule has 0 aliphatic heterocycles. The Morgan fingerprint density at radius 1 is 1.08 bits per heavy atom. The number of rotatable bonds is 12. The highest BCUT2D eigenvalue weighted by Crippen LogP contribution is 2.21. The summed E-state index contributed by atoms with van der Waals surface area (Å²) in [6.07, 6.45) is 1.62. The molecule has 0 saturated heterocycles. The number of unbranched alkanes of at least 4 members (excludes halogenated alkanes) is 1. The van der Waals surface area contributed by atoms with E-state index in [9.17, 15) is 24.6 Å². The first-order valence-electron chi connectivity index (χ1n) is 11.8. The van der Waals surface area contributed by atoms with Gasteiger partial charge in [-0.15, -0.1) is 0 Å². The topological polar surface area (TPSA) is 143 Å². The van der Waals surface area contributed by atoms with Crippen molar-refractivity contribution >= 4 is 35.3 Å². The van der Waals surface area contributed by atoms with Crippen LogP contribution in [0.15, 0.2) is 54.6 Å². The molecule has 0 spiro atoms. The standard InChI is InChI=1S/C26H29ClN4O6/c1-2-3-9-21-29-23(27)20(15-32)31(21)14-17-10-12-19(13-11-17)28-24(33)22(25(34)35)30-26(36)37-16-18-7-5-4-6-8-18/h4-8,10-13,22,32H,2-3,9,14-16H2,1H3,(H,28,33)(H,30,36)(H,34,35)/t22-/m0/s1. The molecule has 1 atom stereocenters. The van der Waals surface area contributed by atoms with Crippen LogP contribution in [0.25, 0.3) is 0 Å². The van der Waals surface area contributed by atoms with Crippen molar-refractivity contribution in [2.24, 2.45) is 0 Å². The number of hydrogen-bond donors (Lipinski definition) is 4. The van der Waals surface area contributed by atoms with E-state index in [2.05, 4.69) is 22.5 Å². The predicted octanol–water partition coefficient (Wildman–Crippen LogP) is 3.74. The van der Waals surface area contributed by atoms with Gasteiger partial charge < -0.3 is 24.8 Å². The van der Waals surface area contributed by atoms with Crippen molar-refractivity contribution < 1.29 is 29.3 Å². The summed E-state index contributed by atoms with van der Waals surface area (Å²) in [4.78, 5) is 40.6. The number of alkyl carbamates (subject to hydrolysis) is 1. The second-order valence-electron chi connectivity index (χ2n) is 8.28. The fourth-order valence-corrected chi connectivity index (χ4v) is 3.84. The Morgan fingerprint density at radius 3 is 2.41 bits per heavy atom. The van der Waals surface area contributed by atoms with E-state index in [-0.39, 0.29) is 18.4 Å². The summed E-state index contributed by atoms with van der Waals surface area (Å²) >= 11 is 6.19. The minimum absolute atomic E-state index is 0.0671. The first-order chi connectivity index (χ1) is 17.8. The van der Waals surface area contributed by atoms with E-state index in [4.69, 9.17) is 16.3 Å². The maximum atomic E-state index is 12.6. The Balaban J connectivity index is 1.62. The van der Waals surface area contributed by atoms with Crippen LogP contribution in [0.2, 0.25) is 5.15 Å². The van der Waals surface area contributed by atoms with Gasteiger partial charge in [-0.3, -0.25) is 10.1 Å². The van der Waals surface area contributed by atoms with E-state index in [0.717, 1.165) is 36.2 Å². The van der Waals surface area contributed by atoms with Gasteiger partial charge in [-0.1, -0.05) is 67.4 Å². The number of aromatic nitrogens is 2. The molecular weight excluding hydrogens is 500 g/mol. The molecule has 11 heteroatoms. The van der Waals surface area contributed by atoms with Gasteiger partial charge in [0.25, 0.3) is 5.91 Å². The first kappa shape index (κ1) is 27.7. The van der Waals surface area contributed by atoms with Crippen LogP contribution in [0, 0.1) is 0 Å². The van der Waals surface area contributed by atoms with Crippen molar-refractivity contribution in [1.29, 1.82) is 0 Å². The molecule has 1 heterocycles. The average Bonchev–Trinajstić information content (AvgIpc) is 3.19. The zero-order valence-corrected chi connectivity index (χ0v) is 21.1. The number of nitrogens with one attached hydrogen (secondary N) is 2. The van der Waals surface area contributed by atoms with Crippen LogP contribution >= 0.6 is 11.6 Å². The molecule has 0 bridgehead atoms. The summed E-state index contributed by atoms with van der Waals surface area (Å²) in [6, 6.07) is 13.7. The maximum Gasteiger partial charge on any atom is 0.408 e. The number of hydrogen-bond acceptors (Lipinski definition) is 6. The molecule has 3 rings (SSSR count). The summed E-state index contributed by atoms with van der Waals surface area (Å²) in [6.45, 7) is 2.17. The number of aliphatic hydroxyl groups is 1. The third kappa shape index (κ3) is 7.80. The Labute approximate surface area is 219 Å². The summed E-state index contributed by atoms with van der Waals surface area (Å²) in [7, 11) is 0. The molecule has 2 amide bonds. The van der Waals surface area contributed by atoms with Gasteiger partial charge >= 0.3 is 12.1 Å². The van der Waals surface area contributed by atoms with E-state index in [1.165, 1.54) is 0 Å². The maximum absolute atomic E-state index is 12.6. The number of aliphatic hydroxyl groups excluding tert-OH is 1. The zero-order chi connectivity index (χ0) is 26.8. The lowest BCUT2D eigenvalue weighted by atomic mass is 10.1. The monoisotopic (exact) mass is 528 g/mol. The summed E-state index contributed by atoms with van der Waals surface area (Å²) in [5.41, 5.74) is 2.45. The van der Waals surface area contributed by atoms with E-state index in [1.54, 1.807) is 48.5 Å². The SMILES string of the molecule is CCCCc1nc(Cl)c(CO)n1Cc1ccc(NC(=O)[C@H](NC(=O)OCc2ccccc2)C(=O)O)cc1. The average molecular weight is 529 g/mol. The number of aryl methyl sites for hydroxylation is 1. The highest BCUT2D eigenvalue weighted by molar-refractivity contribution is 6.30. The first-order valence-corrected chi connectivity index (χ1v) is 12.1. The smallest absolute Gasteiger partial charge is 0.408 e. The molecule has 0 radical (unpaired) electrons. The van der Waals surface area contributed by atoms with E-state index in [0.29, 0.717) is 17.9 Å². The molecule has 0 aliphatic carbocycles. The van der Waals surface area contributed by atoms with Crippen molar-refractivity contribution in [1.82, 2.24) is 14.9 Å². The number of carbonyl (C=O) groups excluding carboxylic acids is 2. The van der Waals surface area contributed by atoms with Gasteiger partial charge in [0.2, 0.25) is 6.04 Å². The van der Waals surface area contributed by atoms with E-state index in [1.807, 2.05) is 10.6 Å². The molecular formula is C26H29ClN4O6. The van der Waals surface area contributed by atoms with Gasteiger partial charge in [0.15, 0.2) is 5.15 Å². The number of benzene rings is 2. The van der Waals surface area contributed by atoms with Gasteiger partial charge in [-0.25, -0.2) is 14.6 Å². The second kappa shape index (κ2) is 13.4. The zero-order valence-electron chi connectivity index (χ0n) is 20.3. The van der Waals surface area contributed by atoms with Crippen LogP contribution in [-0.4, -0.2) is 43.8 Å². The van der Waals surface area contributed by atoms with Gasteiger partial charge in [0, 0.05) is 18.7 Å². The molecule has 0 fully saturated rings. The molecule has 37 heavy (non-hydrogen) atoms. The van der Waals surface area contributed by atoms with Crippen molar-refractivity contribution in [3.63, 3.8) is 0 Å². The number of halogens is 1. The van der Waals surface area contributed by atoms with Crippen LogP contribution in [0.4, 0.5) is 10.5 Å². The number of carbonyl (C=O) groups is 3. The minimum atomic E-state index is -1.84. The number of imidazole rings is 1. The third-order valence-corrected chi connectivity index (χ3v) is 5.86. The van der Waals surface area contributed by atoms with Crippen LogP contribution in [-0.2, 0) is 40.5 Å². The molecule has 3 aromatic rings. The molecule has 0 unspecified atom stereocenters. The number of nitrogens with zero attached hydrogens (tertiary/aromatic N) is 2. The molecule has 4 N–H and O–H groups in total. The molecule has 1 aromatic heterocycles. The number of carboxylic acid groups (broad SMARTS) is 1. The van der Waals surface area contributed by atoms with Crippen LogP contribution in [0.5, 0.6) is 0 Å². The van der Waals surface area contributed by atoms with Crippen LogP contribution < -0.4 is 10.6 Å². The normalized spacial score (nSPS) is 11.5. The number of carboxylic acids is 1. The molecule has 2 aromatic carbocycles. The summed E-state index contributed by atoms with van der Waals surface area (Å²) < 4.78 is 6.88. The Kier molecular flexibility index (Phi) is 10.0. The second-order valence-corrected chi connectivity index (χ2v) is 8.63. The highest BCUT2D eigenvalue weighted by atomic mass is 35.5. The van der Waals surface area contributed by atoms with Crippen LogP contribution in [0.3, 0.4) is 0 Å². The van der Waals surface area contributed by atoms with E-state index < -0.39 is 24.0 Å². The number of anilines is 1. The molecule has 10 nitrogen and oxygen atoms in total. The summed E-state index contributed by atoms with van der Waals surface area (Å²) in [5.74, 6) is -1.68. The molecule has 0 saturated carbocycles. The highest BCUT2D eigenvalue weighted by Gasteiger charge is 2.29. The lowest BCUT2D eigenvalue weighted by molar-refractivity contribution is -0.142. The Hall–Kier alpha value is -3.89. The quantitative estimate of drug-likeness (QED) is 0.262. The van der Waals surface area contributed by atoms with Gasteiger partial charge in [0.1, 0.15) is 12.4 Å². The Morgan fingerprint density at radius 2 is 1.78 bits per heavy atom. The number of amides is 2. The largest absolute Gasteiger partial charge is 0.479 e. The van der Waals surface area contributed by atoms with E-state index >= 15 is 0 Å². The molecule has 196 valence electrons. The summed E-state index contributed by atoms with van der Waals surface area (Å²) in [5, 5.41) is 24.0. The van der Waals surface area contributed by atoms with Crippen molar-refractivity contribution in [3.05, 3.63) is 82.4 Å². The van der Waals surface area contributed by atoms with Crippen LogP contribution in [0.1, 0.15) is 42.4 Å². The minimum Gasteiger partial charge on any atom is -0.479 e. The van der Waals surface area contributed by atoms with Gasteiger partial charge in [0.05, 0.1) is 12.3 Å². The molecule has 0 aliphatic rings. The predicted molar refractivity (Wildman–Crippen MR) is 137 cm³/mol. The van der Waals surface area contributed by atoms with Gasteiger partial charge in [-0.2, -0.15) is 0 Å². The van der Waals surface area contributed by atoms with Gasteiger partial charge in [-0.05, 0) is 29.7 Å². The third-order valence-electron chi connectivity index (χ3n) is 5.55. The van der Waals surface area contributed by atoms with Crippen molar-refractivity contribution in [2.75, 3.05) is 5.32 Å². The fraction of sp³-hybridized carbons (Fsp3) is 0.308. The lowest BCUT2D eigenvalue weighted by Crippen LogP contribution is -2.49. The Bertz CT molecular complexity index is 1210. The lowest BCUT2D eigenvalue weighted by Gasteiger charge is -2.15. The number of ether oxygens (including phenoxy) is 1.